The van der Waals surface area contributed by atoms with E-state index in [1.807, 2.05) is 19.1 Å². The zero-order valence-corrected chi connectivity index (χ0v) is 9.97. The van der Waals surface area contributed by atoms with Crippen LogP contribution in [0.3, 0.4) is 0 Å². The van der Waals surface area contributed by atoms with E-state index in [2.05, 4.69) is 9.97 Å². The van der Waals surface area contributed by atoms with Gasteiger partial charge in [0.1, 0.15) is 6.10 Å². The third-order valence-electron chi connectivity index (χ3n) is 2.41. The van der Waals surface area contributed by atoms with Gasteiger partial charge in [-0.15, -0.1) is 0 Å². The maximum Gasteiger partial charge on any atom is 0.225 e. The van der Waals surface area contributed by atoms with Crippen molar-refractivity contribution in [1.29, 1.82) is 0 Å². The Morgan fingerprint density at radius 3 is 3.00 bits per heavy atom. The number of aromatic nitrogens is 2. The standard InChI is InChI=1S/C12H18N4O/c1-8(13)3-2-4-9-7-15-12(14)16-11(9)17-10-5-6-10/h2,4,7-8,10H,3,5-6,13H2,1H3,(H2,14,15,16)/b4-2+/t8-/m0/s1. The number of hydrogen-bond acceptors (Lipinski definition) is 5. The summed E-state index contributed by atoms with van der Waals surface area (Å²) in [6.45, 7) is 1.96. The topological polar surface area (TPSA) is 87.0 Å². The van der Waals surface area contributed by atoms with E-state index in [4.69, 9.17) is 16.2 Å². The van der Waals surface area contributed by atoms with Crippen molar-refractivity contribution in [2.24, 2.45) is 5.73 Å². The molecule has 1 aliphatic rings. The van der Waals surface area contributed by atoms with Crippen LogP contribution in [0.15, 0.2) is 12.3 Å². The van der Waals surface area contributed by atoms with Gasteiger partial charge in [-0.2, -0.15) is 4.98 Å². The van der Waals surface area contributed by atoms with Crippen LogP contribution >= 0.6 is 0 Å². The Hall–Kier alpha value is -1.62. The molecule has 4 N–H and O–H groups in total. The fourth-order valence-electron chi connectivity index (χ4n) is 1.35. The molecule has 0 amide bonds. The molecule has 0 aliphatic heterocycles. The number of nitrogens with two attached hydrogens (primary N) is 2. The molecule has 1 heterocycles. The van der Waals surface area contributed by atoms with Crippen molar-refractivity contribution in [1.82, 2.24) is 9.97 Å². The molecule has 5 heteroatoms. The SMILES string of the molecule is C[C@H](N)C/C=C/c1cnc(N)nc1OC1CC1. The second-order valence-electron chi connectivity index (χ2n) is 4.42. The summed E-state index contributed by atoms with van der Waals surface area (Å²) in [4.78, 5) is 8.08. The molecular formula is C12H18N4O. The molecule has 2 rings (SSSR count). The first-order valence-corrected chi connectivity index (χ1v) is 5.86. The van der Waals surface area contributed by atoms with E-state index in [1.165, 1.54) is 0 Å². The molecule has 0 saturated heterocycles. The first-order valence-electron chi connectivity index (χ1n) is 5.86. The van der Waals surface area contributed by atoms with Gasteiger partial charge in [0.25, 0.3) is 0 Å². The lowest BCUT2D eigenvalue weighted by molar-refractivity contribution is 0.290. The second kappa shape index (κ2) is 5.14. The van der Waals surface area contributed by atoms with Gasteiger partial charge in [0.05, 0.1) is 5.56 Å². The van der Waals surface area contributed by atoms with Gasteiger partial charge in [-0.3, -0.25) is 0 Å². The number of nitrogens with zero attached hydrogens (tertiary/aromatic N) is 2. The van der Waals surface area contributed by atoms with Crippen LogP contribution in [0, 0.1) is 0 Å². The Morgan fingerprint density at radius 1 is 1.59 bits per heavy atom. The molecule has 0 spiro atoms. The van der Waals surface area contributed by atoms with Gasteiger partial charge in [-0.05, 0) is 26.2 Å². The highest BCUT2D eigenvalue weighted by Gasteiger charge is 2.25. The summed E-state index contributed by atoms with van der Waals surface area (Å²) in [6.07, 6.45) is 8.90. The predicted octanol–water partition coefficient (Wildman–Crippen LogP) is 1.35. The Morgan fingerprint density at radius 2 is 2.35 bits per heavy atom. The van der Waals surface area contributed by atoms with Crippen LogP contribution in [-0.2, 0) is 0 Å². The highest BCUT2D eigenvalue weighted by Crippen LogP contribution is 2.28. The summed E-state index contributed by atoms with van der Waals surface area (Å²) in [6, 6.07) is 0.147. The number of hydrogen-bond donors (Lipinski definition) is 2. The van der Waals surface area contributed by atoms with Crippen molar-refractivity contribution in [3.8, 4) is 5.88 Å². The molecule has 0 radical (unpaired) electrons. The number of ether oxygens (including phenoxy) is 1. The number of anilines is 1. The van der Waals surface area contributed by atoms with E-state index in [0.717, 1.165) is 24.8 Å². The van der Waals surface area contributed by atoms with E-state index in [9.17, 15) is 0 Å². The minimum atomic E-state index is 0.147. The fourth-order valence-corrected chi connectivity index (χ4v) is 1.35. The van der Waals surface area contributed by atoms with Crippen LogP contribution < -0.4 is 16.2 Å². The van der Waals surface area contributed by atoms with Crippen LogP contribution in [0.2, 0.25) is 0 Å². The zero-order valence-electron chi connectivity index (χ0n) is 9.97. The van der Waals surface area contributed by atoms with Gasteiger partial charge in [0, 0.05) is 12.2 Å². The molecule has 0 aromatic carbocycles. The van der Waals surface area contributed by atoms with Crippen molar-refractivity contribution in [2.75, 3.05) is 5.73 Å². The van der Waals surface area contributed by atoms with Crippen molar-refractivity contribution in [3.63, 3.8) is 0 Å². The highest BCUT2D eigenvalue weighted by molar-refractivity contribution is 5.54. The van der Waals surface area contributed by atoms with Crippen molar-refractivity contribution < 1.29 is 4.74 Å². The van der Waals surface area contributed by atoms with E-state index >= 15 is 0 Å². The van der Waals surface area contributed by atoms with Crippen LogP contribution in [-0.4, -0.2) is 22.1 Å². The monoisotopic (exact) mass is 234 g/mol. The lowest BCUT2D eigenvalue weighted by Gasteiger charge is -2.07. The molecule has 92 valence electrons. The highest BCUT2D eigenvalue weighted by atomic mass is 16.5. The maximum atomic E-state index is 5.68. The Kier molecular flexibility index (Phi) is 3.58. The molecule has 0 bridgehead atoms. The van der Waals surface area contributed by atoms with Crippen LogP contribution in [0.5, 0.6) is 5.88 Å². The van der Waals surface area contributed by atoms with Gasteiger partial charge in [0.2, 0.25) is 11.8 Å². The average Bonchev–Trinajstić information content (AvgIpc) is 3.05. The van der Waals surface area contributed by atoms with Crippen molar-refractivity contribution in [3.05, 3.63) is 17.8 Å². The molecular weight excluding hydrogens is 216 g/mol. The number of rotatable bonds is 5. The van der Waals surface area contributed by atoms with Gasteiger partial charge in [-0.25, -0.2) is 4.98 Å². The summed E-state index contributed by atoms with van der Waals surface area (Å²) in [5.41, 5.74) is 12.1. The Labute approximate surface area is 101 Å². The summed E-state index contributed by atoms with van der Waals surface area (Å²) in [5, 5.41) is 0. The Bertz CT molecular complexity index is 413. The van der Waals surface area contributed by atoms with Gasteiger partial charge < -0.3 is 16.2 Å². The zero-order chi connectivity index (χ0) is 12.3. The lowest BCUT2D eigenvalue weighted by atomic mass is 10.2. The fraction of sp³-hybridized carbons (Fsp3) is 0.500. The van der Waals surface area contributed by atoms with Crippen molar-refractivity contribution >= 4 is 12.0 Å². The first-order chi connectivity index (χ1) is 8.15. The van der Waals surface area contributed by atoms with E-state index in [1.54, 1.807) is 6.20 Å². The smallest absolute Gasteiger partial charge is 0.225 e. The summed E-state index contributed by atoms with van der Waals surface area (Å²) < 4.78 is 5.68. The summed E-state index contributed by atoms with van der Waals surface area (Å²) in [5.74, 6) is 0.811. The normalized spacial score (nSPS) is 17.3. The molecule has 1 aromatic rings. The molecule has 0 unspecified atom stereocenters. The van der Waals surface area contributed by atoms with Crippen LogP contribution in [0.4, 0.5) is 5.95 Å². The van der Waals surface area contributed by atoms with E-state index < -0.39 is 0 Å². The van der Waals surface area contributed by atoms with E-state index in [0.29, 0.717) is 12.0 Å². The molecule has 5 nitrogen and oxygen atoms in total. The molecule has 1 fully saturated rings. The third kappa shape index (κ3) is 3.71. The van der Waals surface area contributed by atoms with Gasteiger partial charge in [0.15, 0.2) is 0 Å². The Balaban J connectivity index is 2.10. The third-order valence-corrected chi connectivity index (χ3v) is 2.41. The molecule has 17 heavy (non-hydrogen) atoms. The predicted molar refractivity (Wildman–Crippen MR) is 67.4 cm³/mol. The molecule has 1 saturated carbocycles. The molecule has 1 aromatic heterocycles. The molecule has 1 atom stereocenters. The van der Waals surface area contributed by atoms with Crippen LogP contribution in [0.1, 0.15) is 31.7 Å². The summed E-state index contributed by atoms with van der Waals surface area (Å²) in [7, 11) is 0. The molecule has 1 aliphatic carbocycles. The summed E-state index contributed by atoms with van der Waals surface area (Å²) >= 11 is 0. The number of nitrogen functional groups attached to an aromatic ring is 1. The second-order valence-corrected chi connectivity index (χ2v) is 4.42. The van der Waals surface area contributed by atoms with Gasteiger partial charge in [-0.1, -0.05) is 12.2 Å². The lowest BCUT2D eigenvalue weighted by Crippen LogP contribution is -2.12. The average molecular weight is 234 g/mol. The van der Waals surface area contributed by atoms with E-state index in [-0.39, 0.29) is 12.0 Å². The first kappa shape index (κ1) is 11.9. The quantitative estimate of drug-likeness (QED) is 0.803. The van der Waals surface area contributed by atoms with Gasteiger partial charge >= 0.3 is 0 Å². The maximum absolute atomic E-state index is 5.68. The largest absolute Gasteiger partial charge is 0.474 e. The van der Waals surface area contributed by atoms with Crippen molar-refractivity contribution in [2.45, 2.75) is 38.3 Å². The minimum Gasteiger partial charge on any atom is -0.474 e. The van der Waals surface area contributed by atoms with Crippen LogP contribution in [0.25, 0.3) is 6.08 Å². The minimum absolute atomic E-state index is 0.147.